The molecule has 9 heteroatoms. The number of anilines is 1. The third-order valence-electron chi connectivity index (χ3n) is 5.46. The van der Waals surface area contributed by atoms with Crippen LogP contribution in [0.2, 0.25) is 0 Å². The molecule has 168 valence electrons. The van der Waals surface area contributed by atoms with Crippen LogP contribution >= 0.6 is 11.3 Å². The van der Waals surface area contributed by atoms with Crippen molar-refractivity contribution in [3.63, 3.8) is 0 Å². The maximum atomic E-state index is 13.3. The van der Waals surface area contributed by atoms with E-state index in [9.17, 15) is 14.0 Å². The first-order valence-corrected chi connectivity index (χ1v) is 11.4. The number of para-hydroxylation sites is 1. The summed E-state index contributed by atoms with van der Waals surface area (Å²) in [4.78, 5) is 33.4. The minimum absolute atomic E-state index is 0.175. The first-order chi connectivity index (χ1) is 16.0. The van der Waals surface area contributed by atoms with Gasteiger partial charge in [0, 0.05) is 31.9 Å². The fourth-order valence-electron chi connectivity index (χ4n) is 3.78. The van der Waals surface area contributed by atoms with Crippen LogP contribution in [0.3, 0.4) is 0 Å². The lowest BCUT2D eigenvalue weighted by Gasteiger charge is -2.33. The molecule has 2 aromatic heterocycles. The Hall–Kier alpha value is -3.56. The van der Waals surface area contributed by atoms with Crippen molar-refractivity contribution >= 4 is 39.1 Å². The van der Waals surface area contributed by atoms with E-state index in [1.165, 1.54) is 23.5 Å². The summed E-state index contributed by atoms with van der Waals surface area (Å²) < 4.78 is 20.2. The standard InChI is InChI=1S/C24H21FN4O3S/c25-16-4-3-5-17(14-16)26-22(30)15-28-10-12-29(13-11-28)24(31)20-9-8-19(32-20)23-27-18-6-1-2-7-21(18)33-23/h1-9,14H,10-13,15H2,(H,26,30). The second-order valence-corrected chi connectivity index (χ2v) is 8.81. The first kappa shape index (κ1) is 21.3. The number of rotatable bonds is 5. The number of piperazine rings is 1. The first-order valence-electron chi connectivity index (χ1n) is 10.6. The summed E-state index contributed by atoms with van der Waals surface area (Å²) in [5, 5.41) is 3.44. The summed E-state index contributed by atoms with van der Waals surface area (Å²) >= 11 is 1.52. The number of furan rings is 1. The number of carbonyl (C=O) groups excluding carboxylic acids is 2. The van der Waals surface area contributed by atoms with E-state index in [1.54, 1.807) is 29.2 Å². The van der Waals surface area contributed by atoms with Gasteiger partial charge in [-0.25, -0.2) is 9.37 Å². The fourth-order valence-corrected chi connectivity index (χ4v) is 4.71. The Kier molecular flexibility index (Phi) is 5.89. The molecule has 5 rings (SSSR count). The van der Waals surface area contributed by atoms with E-state index in [1.807, 2.05) is 29.2 Å². The summed E-state index contributed by atoms with van der Waals surface area (Å²) in [6.07, 6.45) is 0. The van der Waals surface area contributed by atoms with E-state index in [4.69, 9.17) is 4.42 Å². The Labute approximate surface area is 193 Å². The molecule has 1 saturated heterocycles. The molecule has 3 heterocycles. The van der Waals surface area contributed by atoms with Gasteiger partial charge >= 0.3 is 0 Å². The number of amides is 2. The maximum Gasteiger partial charge on any atom is 0.289 e. The second-order valence-electron chi connectivity index (χ2n) is 7.78. The molecule has 0 aliphatic carbocycles. The smallest absolute Gasteiger partial charge is 0.289 e. The van der Waals surface area contributed by atoms with Crippen LogP contribution in [0.5, 0.6) is 0 Å². The summed E-state index contributed by atoms with van der Waals surface area (Å²) in [5.41, 5.74) is 1.33. The quantitative estimate of drug-likeness (QED) is 0.481. The average molecular weight is 465 g/mol. The van der Waals surface area contributed by atoms with Crippen molar-refractivity contribution in [2.45, 2.75) is 0 Å². The Morgan fingerprint density at radius 3 is 2.64 bits per heavy atom. The number of hydrogen-bond donors (Lipinski definition) is 1. The van der Waals surface area contributed by atoms with Crippen LogP contribution in [-0.4, -0.2) is 59.3 Å². The molecule has 1 aliphatic heterocycles. The monoisotopic (exact) mass is 464 g/mol. The van der Waals surface area contributed by atoms with Crippen molar-refractivity contribution in [3.05, 3.63) is 72.2 Å². The Morgan fingerprint density at radius 1 is 1.03 bits per heavy atom. The van der Waals surface area contributed by atoms with Crippen LogP contribution in [0.15, 0.2) is 65.1 Å². The van der Waals surface area contributed by atoms with Gasteiger partial charge in [-0.15, -0.1) is 11.3 Å². The molecule has 0 saturated carbocycles. The normalized spacial score (nSPS) is 14.5. The van der Waals surface area contributed by atoms with Crippen molar-refractivity contribution in [1.29, 1.82) is 0 Å². The number of thiazole rings is 1. The van der Waals surface area contributed by atoms with Gasteiger partial charge in [0.05, 0.1) is 16.8 Å². The van der Waals surface area contributed by atoms with E-state index < -0.39 is 5.82 Å². The minimum atomic E-state index is -0.399. The van der Waals surface area contributed by atoms with E-state index in [2.05, 4.69) is 10.3 Å². The van der Waals surface area contributed by atoms with Crippen molar-refractivity contribution < 1.29 is 18.4 Å². The lowest BCUT2D eigenvalue weighted by molar-refractivity contribution is -0.117. The predicted molar refractivity (Wildman–Crippen MR) is 125 cm³/mol. The maximum absolute atomic E-state index is 13.3. The van der Waals surface area contributed by atoms with E-state index in [0.29, 0.717) is 37.6 Å². The lowest BCUT2D eigenvalue weighted by atomic mass is 10.2. The largest absolute Gasteiger partial charge is 0.448 e. The molecule has 2 amide bonds. The summed E-state index contributed by atoms with van der Waals surface area (Å²) in [6.45, 7) is 2.29. The number of nitrogens with zero attached hydrogens (tertiary/aromatic N) is 3. The summed E-state index contributed by atoms with van der Waals surface area (Å²) in [6, 6.07) is 17.1. The molecular formula is C24H21FN4O3S. The number of carbonyl (C=O) groups is 2. The van der Waals surface area contributed by atoms with Gasteiger partial charge in [-0.05, 0) is 42.5 Å². The number of nitrogens with one attached hydrogen (secondary N) is 1. The molecule has 0 radical (unpaired) electrons. The third-order valence-corrected chi connectivity index (χ3v) is 6.51. The highest BCUT2D eigenvalue weighted by Gasteiger charge is 2.25. The zero-order valence-corrected chi connectivity index (χ0v) is 18.5. The molecule has 1 fully saturated rings. The van der Waals surface area contributed by atoms with E-state index in [0.717, 1.165) is 15.2 Å². The molecule has 0 atom stereocenters. The number of halogens is 1. The van der Waals surface area contributed by atoms with Gasteiger partial charge < -0.3 is 14.6 Å². The van der Waals surface area contributed by atoms with Crippen LogP contribution in [0.4, 0.5) is 10.1 Å². The summed E-state index contributed by atoms with van der Waals surface area (Å²) in [5.74, 6) is 0.0658. The molecule has 0 bridgehead atoms. The lowest BCUT2D eigenvalue weighted by Crippen LogP contribution is -2.50. The Bertz CT molecular complexity index is 1280. The van der Waals surface area contributed by atoms with Crippen LogP contribution in [-0.2, 0) is 4.79 Å². The molecular weight excluding hydrogens is 443 g/mol. The van der Waals surface area contributed by atoms with E-state index >= 15 is 0 Å². The predicted octanol–water partition coefficient (Wildman–Crippen LogP) is 4.09. The number of fused-ring (bicyclic) bond motifs is 1. The van der Waals surface area contributed by atoms with Gasteiger partial charge in [-0.1, -0.05) is 18.2 Å². The van der Waals surface area contributed by atoms with Crippen LogP contribution < -0.4 is 5.32 Å². The van der Waals surface area contributed by atoms with E-state index in [-0.39, 0.29) is 24.1 Å². The van der Waals surface area contributed by atoms with Crippen LogP contribution in [0.1, 0.15) is 10.6 Å². The highest BCUT2D eigenvalue weighted by atomic mass is 32.1. The van der Waals surface area contributed by atoms with Crippen LogP contribution in [0.25, 0.3) is 21.0 Å². The Balaban J connectivity index is 1.16. The van der Waals surface area contributed by atoms with Gasteiger partial charge in [0.25, 0.3) is 5.91 Å². The van der Waals surface area contributed by atoms with Gasteiger partial charge in [0.2, 0.25) is 5.91 Å². The zero-order valence-electron chi connectivity index (χ0n) is 17.7. The number of aromatic nitrogens is 1. The highest BCUT2D eigenvalue weighted by Crippen LogP contribution is 2.31. The SMILES string of the molecule is O=C(CN1CCN(C(=O)c2ccc(-c3nc4ccccc4s3)o2)CC1)Nc1cccc(F)c1. The third kappa shape index (κ3) is 4.79. The molecule has 0 spiro atoms. The average Bonchev–Trinajstić information content (AvgIpc) is 3.46. The molecule has 4 aromatic rings. The van der Waals surface area contributed by atoms with Gasteiger partial charge in [0.15, 0.2) is 16.5 Å². The molecule has 33 heavy (non-hydrogen) atoms. The van der Waals surface area contributed by atoms with Gasteiger partial charge in [-0.3, -0.25) is 14.5 Å². The van der Waals surface area contributed by atoms with Gasteiger partial charge in [0.1, 0.15) is 5.82 Å². The van der Waals surface area contributed by atoms with Crippen LogP contribution in [0, 0.1) is 5.82 Å². The number of hydrogen-bond acceptors (Lipinski definition) is 6. The van der Waals surface area contributed by atoms with Crippen molar-refractivity contribution in [1.82, 2.24) is 14.8 Å². The second kappa shape index (κ2) is 9.13. The van der Waals surface area contributed by atoms with Gasteiger partial charge in [-0.2, -0.15) is 0 Å². The molecule has 0 unspecified atom stereocenters. The fraction of sp³-hybridized carbons (Fsp3) is 0.208. The molecule has 7 nitrogen and oxygen atoms in total. The van der Waals surface area contributed by atoms with Crippen molar-refractivity contribution in [2.75, 3.05) is 38.0 Å². The minimum Gasteiger partial charge on any atom is -0.448 e. The van der Waals surface area contributed by atoms with Crippen molar-refractivity contribution in [3.8, 4) is 10.8 Å². The summed E-state index contributed by atoms with van der Waals surface area (Å²) in [7, 11) is 0. The highest BCUT2D eigenvalue weighted by molar-refractivity contribution is 7.21. The molecule has 1 N–H and O–H groups in total. The zero-order chi connectivity index (χ0) is 22.8. The molecule has 1 aliphatic rings. The number of benzene rings is 2. The van der Waals surface area contributed by atoms with Crippen molar-refractivity contribution in [2.24, 2.45) is 0 Å². The topological polar surface area (TPSA) is 78.7 Å². The Morgan fingerprint density at radius 2 is 1.85 bits per heavy atom. The molecule has 2 aromatic carbocycles.